The highest BCUT2D eigenvalue weighted by atomic mass is 35.5. The van der Waals surface area contributed by atoms with E-state index >= 15 is 0 Å². The van der Waals surface area contributed by atoms with Crippen LogP contribution in [0.15, 0.2) is 48.5 Å². The van der Waals surface area contributed by atoms with E-state index in [1.807, 2.05) is 36.4 Å². The Morgan fingerprint density at radius 3 is 2.16 bits per heavy atom. The molecular formula is C17H19ClO. The minimum atomic E-state index is 0.180. The molecule has 0 saturated carbocycles. The summed E-state index contributed by atoms with van der Waals surface area (Å²) in [5, 5.41) is 10.4. The van der Waals surface area contributed by atoms with Gasteiger partial charge in [-0.2, -0.15) is 0 Å². The van der Waals surface area contributed by atoms with Crippen molar-refractivity contribution in [3.63, 3.8) is 0 Å². The van der Waals surface area contributed by atoms with Gasteiger partial charge < -0.3 is 5.11 Å². The summed E-state index contributed by atoms with van der Waals surface area (Å²) in [5.74, 6) is 0.209. The topological polar surface area (TPSA) is 20.2 Å². The first-order valence-corrected chi connectivity index (χ1v) is 6.97. The maximum atomic E-state index is 9.59. The van der Waals surface area contributed by atoms with Gasteiger partial charge in [-0.05, 0) is 48.4 Å². The Kier molecular flexibility index (Phi) is 5.00. The first kappa shape index (κ1) is 14.1. The van der Waals surface area contributed by atoms with Crippen molar-refractivity contribution in [1.82, 2.24) is 0 Å². The maximum absolute atomic E-state index is 9.59. The molecule has 0 aromatic heterocycles. The van der Waals surface area contributed by atoms with Crippen LogP contribution >= 0.6 is 11.6 Å². The molecule has 0 spiro atoms. The average Bonchev–Trinajstić information content (AvgIpc) is 2.42. The number of hydrogen-bond donors (Lipinski definition) is 1. The molecule has 0 fully saturated rings. The molecule has 100 valence electrons. The third kappa shape index (κ3) is 3.82. The maximum Gasteiger partial charge on any atom is 0.0465 e. The van der Waals surface area contributed by atoms with Crippen molar-refractivity contribution in [1.29, 1.82) is 0 Å². The normalized spacial score (nSPS) is 12.4. The molecule has 2 aromatic carbocycles. The highest BCUT2D eigenvalue weighted by Crippen LogP contribution is 2.22. The van der Waals surface area contributed by atoms with E-state index in [4.69, 9.17) is 11.6 Å². The summed E-state index contributed by atoms with van der Waals surface area (Å²) in [5.41, 5.74) is 3.69. The summed E-state index contributed by atoms with van der Waals surface area (Å²) in [4.78, 5) is 0. The highest BCUT2D eigenvalue weighted by Gasteiger charge is 2.12. The van der Waals surface area contributed by atoms with Crippen molar-refractivity contribution < 1.29 is 5.11 Å². The molecule has 2 heteroatoms. The second-order valence-corrected chi connectivity index (χ2v) is 5.38. The average molecular weight is 275 g/mol. The largest absolute Gasteiger partial charge is 0.396 e. The lowest BCUT2D eigenvalue weighted by Gasteiger charge is -2.16. The molecule has 19 heavy (non-hydrogen) atoms. The summed E-state index contributed by atoms with van der Waals surface area (Å²) in [6.07, 6.45) is 1.69. The van der Waals surface area contributed by atoms with Crippen molar-refractivity contribution >= 4 is 11.6 Å². The van der Waals surface area contributed by atoms with E-state index in [2.05, 4.69) is 19.1 Å². The van der Waals surface area contributed by atoms with Crippen LogP contribution in [0, 0.1) is 12.8 Å². The molecule has 0 heterocycles. The van der Waals surface area contributed by atoms with Crippen LogP contribution < -0.4 is 0 Å². The molecule has 1 atom stereocenters. The predicted molar refractivity (Wildman–Crippen MR) is 80.6 cm³/mol. The molecule has 0 aliphatic rings. The van der Waals surface area contributed by atoms with Crippen LogP contribution in [0.1, 0.15) is 16.7 Å². The highest BCUT2D eigenvalue weighted by molar-refractivity contribution is 6.31. The number of hydrogen-bond acceptors (Lipinski definition) is 1. The second-order valence-electron chi connectivity index (χ2n) is 4.97. The number of halogens is 1. The molecule has 0 radical (unpaired) electrons. The van der Waals surface area contributed by atoms with Crippen molar-refractivity contribution in [2.75, 3.05) is 6.61 Å². The minimum Gasteiger partial charge on any atom is -0.396 e. The molecule has 0 bridgehead atoms. The van der Waals surface area contributed by atoms with E-state index in [1.165, 1.54) is 11.1 Å². The van der Waals surface area contributed by atoms with E-state index in [9.17, 15) is 5.11 Å². The fraction of sp³-hybridized carbons (Fsp3) is 0.294. The van der Waals surface area contributed by atoms with Crippen molar-refractivity contribution in [3.8, 4) is 0 Å². The zero-order valence-corrected chi connectivity index (χ0v) is 11.9. The SMILES string of the molecule is Cc1ccccc1CC(CO)Cc1ccccc1Cl. The minimum absolute atomic E-state index is 0.180. The molecular weight excluding hydrogens is 256 g/mol. The van der Waals surface area contributed by atoms with Gasteiger partial charge in [-0.3, -0.25) is 0 Å². The van der Waals surface area contributed by atoms with Gasteiger partial charge in [-0.1, -0.05) is 54.1 Å². The summed E-state index contributed by atoms with van der Waals surface area (Å²) < 4.78 is 0. The van der Waals surface area contributed by atoms with Crippen LogP contribution in [0.25, 0.3) is 0 Å². The van der Waals surface area contributed by atoms with E-state index in [0.717, 1.165) is 23.4 Å². The quantitative estimate of drug-likeness (QED) is 0.872. The van der Waals surface area contributed by atoms with Gasteiger partial charge in [-0.25, -0.2) is 0 Å². The number of benzene rings is 2. The van der Waals surface area contributed by atoms with Gasteiger partial charge in [0.25, 0.3) is 0 Å². The van der Waals surface area contributed by atoms with Gasteiger partial charge in [0.1, 0.15) is 0 Å². The Balaban J connectivity index is 2.09. The Morgan fingerprint density at radius 2 is 1.53 bits per heavy atom. The van der Waals surface area contributed by atoms with Gasteiger partial charge in [0.2, 0.25) is 0 Å². The van der Waals surface area contributed by atoms with Crippen LogP contribution in [-0.4, -0.2) is 11.7 Å². The van der Waals surface area contributed by atoms with Crippen molar-refractivity contribution in [3.05, 3.63) is 70.2 Å². The molecule has 1 unspecified atom stereocenters. The van der Waals surface area contributed by atoms with Gasteiger partial charge in [0.05, 0.1) is 0 Å². The smallest absolute Gasteiger partial charge is 0.0465 e. The van der Waals surface area contributed by atoms with Crippen LogP contribution in [0.5, 0.6) is 0 Å². The summed E-state index contributed by atoms with van der Waals surface area (Å²) in [6.45, 7) is 2.29. The molecule has 0 saturated heterocycles. The zero-order valence-electron chi connectivity index (χ0n) is 11.1. The lowest BCUT2D eigenvalue weighted by Crippen LogP contribution is -2.13. The molecule has 2 rings (SSSR count). The third-order valence-corrected chi connectivity index (χ3v) is 3.86. The van der Waals surface area contributed by atoms with Gasteiger partial charge >= 0.3 is 0 Å². The fourth-order valence-electron chi connectivity index (χ4n) is 2.33. The Bertz CT molecular complexity index is 489. The van der Waals surface area contributed by atoms with Crippen LogP contribution in [0.2, 0.25) is 5.02 Å². The van der Waals surface area contributed by atoms with E-state index in [1.54, 1.807) is 0 Å². The molecule has 0 aliphatic carbocycles. The number of rotatable bonds is 5. The number of aliphatic hydroxyl groups excluding tert-OH is 1. The zero-order chi connectivity index (χ0) is 13.7. The molecule has 0 aliphatic heterocycles. The second kappa shape index (κ2) is 6.74. The Labute approximate surface area is 119 Å². The van der Waals surface area contributed by atoms with E-state index < -0.39 is 0 Å². The summed E-state index contributed by atoms with van der Waals surface area (Å²) in [7, 11) is 0. The van der Waals surface area contributed by atoms with Gasteiger partial charge in [0, 0.05) is 11.6 Å². The first-order chi connectivity index (χ1) is 9.20. The Hall–Kier alpha value is -1.31. The lowest BCUT2D eigenvalue weighted by atomic mass is 9.91. The number of aliphatic hydroxyl groups is 1. The monoisotopic (exact) mass is 274 g/mol. The summed E-state index contributed by atoms with van der Waals surface area (Å²) in [6, 6.07) is 16.2. The van der Waals surface area contributed by atoms with Crippen LogP contribution in [-0.2, 0) is 12.8 Å². The van der Waals surface area contributed by atoms with E-state index in [-0.39, 0.29) is 12.5 Å². The van der Waals surface area contributed by atoms with Crippen molar-refractivity contribution in [2.45, 2.75) is 19.8 Å². The first-order valence-electron chi connectivity index (χ1n) is 6.59. The standard InChI is InChI=1S/C17H19ClO/c1-13-6-2-3-7-15(13)10-14(12-19)11-16-8-4-5-9-17(16)18/h2-9,14,19H,10-12H2,1H3. The fourth-order valence-corrected chi connectivity index (χ4v) is 2.54. The van der Waals surface area contributed by atoms with Gasteiger partial charge in [0.15, 0.2) is 0 Å². The third-order valence-electron chi connectivity index (χ3n) is 3.49. The van der Waals surface area contributed by atoms with Crippen molar-refractivity contribution in [2.24, 2.45) is 5.92 Å². The molecule has 2 aromatic rings. The summed E-state index contributed by atoms with van der Waals surface area (Å²) >= 11 is 6.18. The van der Waals surface area contributed by atoms with Gasteiger partial charge in [-0.15, -0.1) is 0 Å². The molecule has 0 amide bonds. The predicted octanol–water partition coefficient (Wildman–Crippen LogP) is 4.04. The number of aryl methyl sites for hydroxylation is 1. The van der Waals surface area contributed by atoms with Crippen LogP contribution in [0.3, 0.4) is 0 Å². The lowest BCUT2D eigenvalue weighted by molar-refractivity contribution is 0.225. The Morgan fingerprint density at radius 1 is 0.947 bits per heavy atom. The molecule has 1 N–H and O–H groups in total. The van der Waals surface area contributed by atoms with E-state index in [0.29, 0.717) is 0 Å². The van der Waals surface area contributed by atoms with Crippen LogP contribution in [0.4, 0.5) is 0 Å². The molecule has 1 nitrogen and oxygen atoms in total.